The minimum atomic E-state index is -1.26. The zero-order valence-corrected chi connectivity index (χ0v) is 16.4. The summed E-state index contributed by atoms with van der Waals surface area (Å²) in [6, 6.07) is 4.75. The Hall–Kier alpha value is -2.29. The molecular weight excluding hydrogens is 364 g/mol. The first-order valence-electron chi connectivity index (χ1n) is 9.30. The second kappa shape index (κ2) is 9.27. The number of hydrogen-bond acceptors (Lipinski definition) is 6. The molecule has 1 aromatic rings. The standard InChI is InChI=1S/C20H28N2O6/c1-12(2)7-15(17(25)20(10-24)11-28-20)21-19(27)16(9-23)22-18(26)14-6-4-5-13(3)8-14/h4-6,8,12,15-16,23-24H,7,9-11H2,1-3H3,(H,21,27)(H,22,26)/t15-,16-,20+/m0/s1. The van der Waals surface area contributed by atoms with Crippen molar-refractivity contribution in [3.63, 3.8) is 0 Å². The van der Waals surface area contributed by atoms with E-state index >= 15 is 0 Å². The van der Waals surface area contributed by atoms with Crippen LogP contribution in [0.2, 0.25) is 0 Å². The van der Waals surface area contributed by atoms with Crippen LogP contribution in [0, 0.1) is 12.8 Å². The van der Waals surface area contributed by atoms with E-state index in [0.717, 1.165) is 5.56 Å². The lowest BCUT2D eigenvalue weighted by atomic mass is 9.92. The van der Waals surface area contributed by atoms with Crippen molar-refractivity contribution in [2.45, 2.75) is 44.9 Å². The minimum Gasteiger partial charge on any atom is -0.394 e. The molecule has 0 radical (unpaired) electrons. The van der Waals surface area contributed by atoms with Gasteiger partial charge in [-0.25, -0.2) is 0 Å². The number of amides is 2. The zero-order chi connectivity index (χ0) is 20.9. The van der Waals surface area contributed by atoms with E-state index in [1.54, 1.807) is 18.2 Å². The van der Waals surface area contributed by atoms with E-state index in [1.165, 1.54) is 0 Å². The highest BCUT2D eigenvalue weighted by molar-refractivity contribution is 6.00. The van der Waals surface area contributed by atoms with Gasteiger partial charge in [0.1, 0.15) is 6.04 Å². The van der Waals surface area contributed by atoms with E-state index in [4.69, 9.17) is 4.74 Å². The quantitative estimate of drug-likeness (QED) is 0.413. The molecule has 0 aliphatic carbocycles. The highest BCUT2D eigenvalue weighted by Crippen LogP contribution is 2.30. The van der Waals surface area contributed by atoms with Crippen LogP contribution in [0.25, 0.3) is 0 Å². The Morgan fingerprint density at radius 1 is 1.18 bits per heavy atom. The monoisotopic (exact) mass is 392 g/mol. The Labute approximate surface area is 164 Å². The first-order chi connectivity index (χ1) is 13.2. The van der Waals surface area contributed by atoms with Gasteiger partial charge >= 0.3 is 0 Å². The smallest absolute Gasteiger partial charge is 0.252 e. The molecule has 0 aromatic heterocycles. The van der Waals surface area contributed by atoms with Gasteiger partial charge in [0.2, 0.25) is 5.91 Å². The third-order valence-electron chi connectivity index (χ3n) is 4.62. The number of rotatable bonds is 10. The fourth-order valence-electron chi connectivity index (χ4n) is 2.91. The number of Topliss-reactive ketones (excluding diaryl/α,β-unsaturated/α-hetero) is 1. The van der Waals surface area contributed by atoms with Crippen molar-refractivity contribution in [2.24, 2.45) is 5.92 Å². The molecule has 3 atom stereocenters. The number of carbonyl (C=O) groups excluding carboxylic acids is 3. The molecule has 1 aromatic carbocycles. The topological polar surface area (TPSA) is 128 Å². The first-order valence-corrected chi connectivity index (χ1v) is 9.30. The Balaban J connectivity index is 2.07. The fraction of sp³-hybridized carbons (Fsp3) is 0.550. The molecule has 1 aliphatic heterocycles. The van der Waals surface area contributed by atoms with Crippen LogP contribution in [0.4, 0.5) is 0 Å². The minimum absolute atomic E-state index is 0.0956. The van der Waals surface area contributed by atoms with Crippen LogP contribution in [0.5, 0.6) is 0 Å². The summed E-state index contributed by atoms with van der Waals surface area (Å²) in [6.45, 7) is 4.67. The van der Waals surface area contributed by atoms with E-state index in [9.17, 15) is 24.6 Å². The van der Waals surface area contributed by atoms with E-state index in [1.807, 2.05) is 26.8 Å². The van der Waals surface area contributed by atoms with Gasteiger partial charge in [0.05, 0.1) is 25.9 Å². The maximum atomic E-state index is 12.7. The molecule has 0 unspecified atom stereocenters. The number of ketones is 1. The van der Waals surface area contributed by atoms with Crippen molar-refractivity contribution in [3.8, 4) is 0 Å². The number of ether oxygens (including phenoxy) is 1. The molecule has 1 aliphatic rings. The van der Waals surface area contributed by atoms with E-state index in [2.05, 4.69) is 10.6 Å². The molecule has 1 fully saturated rings. The predicted molar refractivity (Wildman–Crippen MR) is 102 cm³/mol. The second-order valence-corrected chi connectivity index (χ2v) is 7.57. The molecule has 2 rings (SSSR count). The molecular formula is C20H28N2O6. The van der Waals surface area contributed by atoms with Gasteiger partial charge in [-0.05, 0) is 31.4 Å². The number of epoxide rings is 1. The Morgan fingerprint density at radius 2 is 1.86 bits per heavy atom. The van der Waals surface area contributed by atoms with Gasteiger partial charge in [0.15, 0.2) is 11.4 Å². The van der Waals surface area contributed by atoms with Crippen molar-refractivity contribution in [1.29, 1.82) is 0 Å². The number of nitrogens with one attached hydrogen (secondary N) is 2. The molecule has 2 amide bonds. The summed E-state index contributed by atoms with van der Waals surface area (Å²) < 4.78 is 5.10. The van der Waals surface area contributed by atoms with E-state index in [-0.39, 0.29) is 12.5 Å². The third-order valence-corrected chi connectivity index (χ3v) is 4.62. The second-order valence-electron chi connectivity index (χ2n) is 7.57. The molecule has 154 valence electrons. The van der Waals surface area contributed by atoms with Crippen molar-refractivity contribution in [1.82, 2.24) is 10.6 Å². The summed E-state index contributed by atoms with van der Waals surface area (Å²) in [5, 5.41) is 24.1. The van der Waals surface area contributed by atoms with Crippen LogP contribution in [0.1, 0.15) is 36.2 Å². The van der Waals surface area contributed by atoms with Crippen LogP contribution in [-0.2, 0) is 14.3 Å². The maximum Gasteiger partial charge on any atom is 0.252 e. The summed E-state index contributed by atoms with van der Waals surface area (Å²) in [5.74, 6) is -1.48. The van der Waals surface area contributed by atoms with Gasteiger partial charge in [0.25, 0.3) is 5.91 Å². The van der Waals surface area contributed by atoms with Gasteiger partial charge < -0.3 is 25.6 Å². The largest absolute Gasteiger partial charge is 0.394 e. The van der Waals surface area contributed by atoms with Crippen LogP contribution >= 0.6 is 0 Å². The SMILES string of the molecule is Cc1cccc(C(=O)N[C@@H](CO)C(=O)N[C@@H](CC(C)C)C(=O)[C@@]2(CO)CO2)c1. The van der Waals surface area contributed by atoms with Gasteiger partial charge in [0, 0.05) is 5.56 Å². The summed E-state index contributed by atoms with van der Waals surface area (Å²) in [6.07, 6.45) is 0.347. The van der Waals surface area contributed by atoms with E-state index in [0.29, 0.717) is 12.0 Å². The average Bonchev–Trinajstić information content (AvgIpc) is 3.45. The number of aliphatic hydroxyl groups is 2. The van der Waals surface area contributed by atoms with Gasteiger partial charge in [-0.1, -0.05) is 31.5 Å². The summed E-state index contributed by atoms with van der Waals surface area (Å²) in [5.41, 5.74) is -0.00235. The molecule has 28 heavy (non-hydrogen) atoms. The molecule has 8 heteroatoms. The molecule has 4 N–H and O–H groups in total. The molecule has 0 saturated carbocycles. The molecule has 8 nitrogen and oxygen atoms in total. The van der Waals surface area contributed by atoms with E-state index < -0.39 is 48.5 Å². The molecule has 1 heterocycles. The zero-order valence-electron chi connectivity index (χ0n) is 16.4. The van der Waals surface area contributed by atoms with Crippen LogP contribution in [0.3, 0.4) is 0 Å². The van der Waals surface area contributed by atoms with Crippen LogP contribution in [-0.4, -0.2) is 65.3 Å². The highest BCUT2D eigenvalue weighted by Gasteiger charge is 2.54. The number of carbonyl (C=O) groups is 3. The molecule has 1 saturated heterocycles. The summed E-state index contributed by atoms with van der Waals surface area (Å²) >= 11 is 0. The van der Waals surface area contributed by atoms with Crippen LogP contribution < -0.4 is 10.6 Å². The Kier molecular flexibility index (Phi) is 7.29. The first kappa shape index (κ1) is 22.0. The summed E-state index contributed by atoms with van der Waals surface area (Å²) in [7, 11) is 0. The normalized spacial score (nSPS) is 20.4. The van der Waals surface area contributed by atoms with Crippen molar-refractivity contribution < 1.29 is 29.3 Å². The lowest BCUT2D eigenvalue weighted by Gasteiger charge is -2.24. The number of hydrogen-bond donors (Lipinski definition) is 4. The maximum absolute atomic E-state index is 12.7. The Morgan fingerprint density at radius 3 is 2.36 bits per heavy atom. The number of aliphatic hydroxyl groups excluding tert-OH is 2. The van der Waals surface area contributed by atoms with Gasteiger partial charge in [-0.2, -0.15) is 0 Å². The van der Waals surface area contributed by atoms with Crippen molar-refractivity contribution in [3.05, 3.63) is 35.4 Å². The third kappa shape index (κ3) is 5.37. The number of aryl methyl sites for hydroxylation is 1. The fourth-order valence-corrected chi connectivity index (χ4v) is 2.91. The number of benzene rings is 1. The lowest BCUT2D eigenvalue weighted by molar-refractivity contribution is -0.133. The predicted octanol–water partition coefficient (Wildman–Crippen LogP) is -0.0530. The highest BCUT2D eigenvalue weighted by atomic mass is 16.6. The molecule has 0 spiro atoms. The van der Waals surface area contributed by atoms with Crippen LogP contribution in [0.15, 0.2) is 24.3 Å². The van der Waals surface area contributed by atoms with Crippen molar-refractivity contribution >= 4 is 17.6 Å². The average molecular weight is 392 g/mol. The Bertz CT molecular complexity index is 729. The van der Waals surface area contributed by atoms with Gasteiger partial charge in [-0.15, -0.1) is 0 Å². The van der Waals surface area contributed by atoms with Crippen molar-refractivity contribution in [2.75, 3.05) is 19.8 Å². The summed E-state index contributed by atoms with van der Waals surface area (Å²) in [4.78, 5) is 37.6. The molecule has 0 bridgehead atoms. The lowest BCUT2D eigenvalue weighted by Crippen LogP contribution is -2.55. The van der Waals surface area contributed by atoms with Gasteiger partial charge in [-0.3, -0.25) is 14.4 Å².